The first kappa shape index (κ1) is 17.8. The average molecular weight is 385 g/mol. The Labute approximate surface area is 160 Å². The number of hydrogen-bond acceptors (Lipinski definition) is 8. The molecule has 1 N–H and O–H groups in total. The Morgan fingerprint density at radius 1 is 1.36 bits per heavy atom. The van der Waals surface area contributed by atoms with Gasteiger partial charge in [-0.1, -0.05) is 0 Å². The lowest BCUT2D eigenvalue weighted by molar-refractivity contribution is 0.0932. The summed E-state index contributed by atoms with van der Waals surface area (Å²) >= 11 is 0. The number of aromatic nitrogens is 4. The van der Waals surface area contributed by atoms with E-state index in [4.69, 9.17) is 18.6 Å². The highest BCUT2D eigenvalue weighted by atomic mass is 16.7. The lowest BCUT2D eigenvalue weighted by Gasteiger charge is -2.12. The second-order valence-corrected chi connectivity index (χ2v) is 6.06. The lowest BCUT2D eigenvalue weighted by atomic mass is 10.3. The number of hydrogen-bond donors (Lipinski definition) is 1. The van der Waals surface area contributed by atoms with Crippen LogP contribution in [0.25, 0.3) is 0 Å². The van der Waals surface area contributed by atoms with Crippen molar-refractivity contribution < 1.29 is 23.4 Å². The van der Waals surface area contributed by atoms with Gasteiger partial charge >= 0.3 is 0 Å². The van der Waals surface area contributed by atoms with E-state index in [1.807, 2.05) is 13.8 Å². The SMILES string of the molecule is CCn1ncnc1[C@H](C)NC(=O)c1coc(COc2ccc3c(c2)OCO3)n1. The molecule has 0 spiro atoms. The van der Waals surface area contributed by atoms with Gasteiger partial charge in [-0.3, -0.25) is 4.79 Å². The predicted molar refractivity (Wildman–Crippen MR) is 95.0 cm³/mol. The molecule has 2 aromatic heterocycles. The van der Waals surface area contributed by atoms with Crippen molar-refractivity contribution in [3.63, 3.8) is 0 Å². The van der Waals surface area contributed by atoms with Crippen molar-refractivity contribution >= 4 is 5.91 Å². The maximum absolute atomic E-state index is 12.4. The van der Waals surface area contributed by atoms with Crippen molar-refractivity contribution in [3.05, 3.63) is 48.2 Å². The smallest absolute Gasteiger partial charge is 0.273 e. The third kappa shape index (κ3) is 3.61. The molecule has 28 heavy (non-hydrogen) atoms. The summed E-state index contributed by atoms with van der Waals surface area (Å²) in [7, 11) is 0. The second kappa shape index (κ2) is 7.59. The number of aryl methyl sites for hydroxylation is 1. The number of carbonyl (C=O) groups excluding carboxylic acids is 1. The number of benzene rings is 1. The van der Waals surface area contributed by atoms with Gasteiger partial charge in [0, 0.05) is 12.6 Å². The van der Waals surface area contributed by atoms with E-state index in [0.29, 0.717) is 29.6 Å². The summed E-state index contributed by atoms with van der Waals surface area (Å²) in [6, 6.07) is 4.93. The van der Waals surface area contributed by atoms with Crippen LogP contribution in [0.2, 0.25) is 0 Å². The fourth-order valence-electron chi connectivity index (χ4n) is 2.78. The van der Waals surface area contributed by atoms with E-state index in [1.54, 1.807) is 22.9 Å². The van der Waals surface area contributed by atoms with Crippen LogP contribution in [0.4, 0.5) is 0 Å². The number of ether oxygens (including phenoxy) is 3. The number of oxazole rings is 1. The van der Waals surface area contributed by atoms with Crippen LogP contribution in [0, 0.1) is 0 Å². The fraction of sp³-hybridized carbons (Fsp3) is 0.333. The van der Waals surface area contributed by atoms with Gasteiger partial charge in [0.25, 0.3) is 5.91 Å². The monoisotopic (exact) mass is 385 g/mol. The Balaban J connectivity index is 1.35. The molecule has 1 aliphatic heterocycles. The van der Waals surface area contributed by atoms with Crippen LogP contribution in [0.3, 0.4) is 0 Å². The molecule has 3 heterocycles. The van der Waals surface area contributed by atoms with Crippen molar-refractivity contribution in [2.75, 3.05) is 6.79 Å². The van der Waals surface area contributed by atoms with Gasteiger partial charge in [0.1, 0.15) is 24.2 Å². The number of carbonyl (C=O) groups is 1. The number of nitrogens with zero attached hydrogens (tertiary/aromatic N) is 4. The lowest BCUT2D eigenvalue weighted by Crippen LogP contribution is -2.29. The fourth-order valence-corrected chi connectivity index (χ4v) is 2.78. The summed E-state index contributed by atoms with van der Waals surface area (Å²) in [6.45, 7) is 4.73. The van der Waals surface area contributed by atoms with Crippen LogP contribution in [-0.4, -0.2) is 32.4 Å². The van der Waals surface area contributed by atoms with Gasteiger partial charge in [-0.2, -0.15) is 5.10 Å². The average Bonchev–Trinajstić information content (AvgIpc) is 3.45. The number of fused-ring (bicyclic) bond motifs is 1. The first-order chi connectivity index (χ1) is 13.6. The van der Waals surface area contributed by atoms with Crippen LogP contribution in [0.1, 0.15) is 42.1 Å². The molecule has 0 aliphatic carbocycles. The van der Waals surface area contributed by atoms with Crippen molar-refractivity contribution in [3.8, 4) is 17.2 Å². The molecule has 146 valence electrons. The van der Waals surface area contributed by atoms with E-state index in [-0.39, 0.29) is 36.9 Å². The topological polar surface area (TPSA) is 114 Å². The summed E-state index contributed by atoms with van der Waals surface area (Å²) in [4.78, 5) is 20.8. The van der Waals surface area contributed by atoms with Crippen LogP contribution in [0.15, 0.2) is 35.2 Å². The van der Waals surface area contributed by atoms with Crippen LogP contribution in [-0.2, 0) is 13.2 Å². The maximum Gasteiger partial charge on any atom is 0.273 e. The molecular formula is C18H19N5O5. The van der Waals surface area contributed by atoms with E-state index in [2.05, 4.69) is 20.4 Å². The predicted octanol–water partition coefficient (Wildman–Crippen LogP) is 2.08. The molecular weight excluding hydrogens is 366 g/mol. The first-order valence-corrected chi connectivity index (χ1v) is 8.79. The highest BCUT2D eigenvalue weighted by molar-refractivity contribution is 5.92. The van der Waals surface area contributed by atoms with E-state index in [1.165, 1.54) is 12.6 Å². The summed E-state index contributed by atoms with van der Waals surface area (Å²) in [5.74, 6) is 2.48. The van der Waals surface area contributed by atoms with Gasteiger partial charge in [0.15, 0.2) is 23.8 Å². The molecule has 1 amide bonds. The minimum atomic E-state index is -0.365. The summed E-state index contributed by atoms with van der Waals surface area (Å²) in [6.07, 6.45) is 2.76. The Morgan fingerprint density at radius 3 is 3.07 bits per heavy atom. The highest BCUT2D eigenvalue weighted by Gasteiger charge is 2.19. The van der Waals surface area contributed by atoms with Crippen LogP contribution >= 0.6 is 0 Å². The normalized spacial score (nSPS) is 13.4. The second-order valence-electron chi connectivity index (χ2n) is 6.06. The summed E-state index contributed by atoms with van der Waals surface area (Å²) in [5, 5.41) is 6.93. The molecule has 0 saturated carbocycles. The molecule has 4 rings (SSSR count). The molecule has 10 nitrogen and oxygen atoms in total. The number of nitrogens with one attached hydrogen (secondary N) is 1. The molecule has 3 aromatic rings. The Hall–Kier alpha value is -3.56. The standard InChI is InChI=1S/C18H19N5O5/c1-3-23-17(19-9-20-23)11(2)21-18(24)13-7-26-16(22-13)8-25-12-4-5-14-15(6-12)28-10-27-14/h4-7,9,11H,3,8,10H2,1-2H3,(H,21,24)/t11-/m0/s1. The zero-order chi connectivity index (χ0) is 19.5. The van der Waals surface area contributed by atoms with Gasteiger partial charge in [-0.15, -0.1) is 0 Å². The Bertz CT molecular complexity index is 982. The number of rotatable bonds is 7. The molecule has 1 atom stereocenters. The minimum Gasteiger partial charge on any atom is -0.484 e. The maximum atomic E-state index is 12.4. The van der Waals surface area contributed by atoms with Crippen LogP contribution in [0.5, 0.6) is 17.2 Å². The molecule has 0 bridgehead atoms. The van der Waals surface area contributed by atoms with Crippen LogP contribution < -0.4 is 19.5 Å². The molecule has 10 heteroatoms. The largest absolute Gasteiger partial charge is 0.484 e. The van der Waals surface area contributed by atoms with Crippen molar-refractivity contribution in [1.29, 1.82) is 0 Å². The molecule has 0 unspecified atom stereocenters. The number of amides is 1. The molecule has 1 aliphatic rings. The molecule has 0 fully saturated rings. The molecule has 0 radical (unpaired) electrons. The third-order valence-corrected chi connectivity index (χ3v) is 4.17. The van der Waals surface area contributed by atoms with E-state index < -0.39 is 0 Å². The summed E-state index contributed by atoms with van der Waals surface area (Å²) in [5.41, 5.74) is 0.165. The van der Waals surface area contributed by atoms with E-state index >= 15 is 0 Å². The third-order valence-electron chi connectivity index (χ3n) is 4.17. The first-order valence-electron chi connectivity index (χ1n) is 8.79. The van der Waals surface area contributed by atoms with Crippen molar-refractivity contribution in [2.45, 2.75) is 33.0 Å². The zero-order valence-corrected chi connectivity index (χ0v) is 15.4. The quantitative estimate of drug-likeness (QED) is 0.658. The van der Waals surface area contributed by atoms with Gasteiger partial charge in [-0.05, 0) is 26.0 Å². The van der Waals surface area contributed by atoms with Crippen molar-refractivity contribution in [1.82, 2.24) is 25.1 Å². The molecule has 1 aromatic carbocycles. The van der Waals surface area contributed by atoms with E-state index in [9.17, 15) is 4.79 Å². The van der Waals surface area contributed by atoms with Gasteiger partial charge in [-0.25, -0.2) is 14.6 Å². The van der Waals surface area contributed by atoms with E-state index in [0.717, 1.165) is 0 Å². The Morgan fingerprint density at radius 2 is 2.21 bits per heavy atom. The highest BCUT2D eigenvalue weighted by Crippen LogP contribution is 2.35. The van der Waals surface area contributed by atoms with Gasteiger partial charge < -0.3 is 23.9 Å². The zero-order valence-electron chi connectivity index (χ0n) is 15.4. The Kier molecular flexibility index (Phi) is 4.83. The summed E-state index contributed by atoms with van der Waals surface area (Å²) < 4.78 is 23.2. The minimum absolute atomic E-state index is 0.0760. The molecule has 0 saturated heterocycles. The van der Waals surface area contributed by atoms with Gasteiger partial charge in [0.05, 0.1) is 6.04 Å². The van der Waals surface area contributed by atoms with Gasteiger partial charge in [0.2, 0.25) is 12.7 Å². The van der Waals surface area contributed by atoms with Crippen molar-refractivity contribution in [2.24, 2.45) is 0 Å².